The Kier molecular flexibility index (Phi) is 5.26. The number of aromatic nitrogens is 2. The summed E-state index contributed by atoms with van der Waals surface area (Å²) < 4.78 is 7.01. The van der Waals surface area contributed by atoms with Crippen molar-refractivity contribution < 1.29 is 9.53 Å². The number of thiophene rings is 1. The molecule has 4 aromatic rings. The molecule has 0 spiro atoms. The Hall–Kier alpha value is -3.25. The van der Waals surface area contributed by atoms with Crippen LogP contribution >= 0.6 is 11.3 Å². The Morgan fingerprint density at radius 2 is 1.93 bits per heavy atom. The Morgan fingerprint density at radius 1 is 1.13 bits per heavy atom. The molecule has 2 heterocycles. The van der Waals surface area contributed by atoms with Crippen LogP contribution in [-0.4, -0.2) is 22.4 Å². The first kappa shape index (κ1) is 20.0. The van der Waals surface area contributed by atoms with E-state index in [1.165, 1.54) is 29.4 Å². The Bertz CT molecular complexity index is 1330. The molecule has 0 atom stereocenters. The SMILES string of the molecule is COc1ccc(C(C)=O)cc1Cn1cnc2scc(-c3ccc(C)c(C)c3)c2c1=O. The Balaban J connectivity index is 1.83. The normalized spacial score (nSPS) is 11.1. The van der Waals surface area contributed by atoms with Crippen LogP contribution < -0.4 is 10.3 Å². The average molecular weight is 419 g/mol. The topological polar surface area (TPSA) is 61.2 Å². The van der Waals surface area contributed by atoms with Crippen molar-refractivity contribution >= 4 is 27.3 Å². The lowest BCUT2D eigenvalue weighted by Gasteiger charge is -2.12. The molecule has 0 unspecified atom stereocenters. The summed E-state index contributed by atoms with van der Waals surface area (Å²) in [5, 5.41) is 2.61. The van der Waals surface area contributed by atoms with Gasteiger partial charge >= 0.3 is 0 Å². The van der Waals surface area contributed by atoms with Crippen LogP contribution in [0.25, 0.3) is 21.3 Å². The molecular formula is C24H22N2O3S. The monoisotopic (exact) mass is 418 g/mol. The molecule has 0 fully saturated rings. The van der Waals surface area contributed by atoms with E-state index in [1.54, 1.807) is 36.2 Å². The molecule has 0 aliphatic rings. The highest BCUT2D eigenvalue weighted by atomic mass is 32.1. The van der Waals surface area contributed by atoms with E-state index in [1.807, 2.05) is 11.4 Å². The molecule has 0 aliphatic heterocycles. The van der Waals surface area contributed by atoms with Crippen molar-refractivity contribution in [2.45, 2.75) is 27.3 Å². The second-order valence-electron chi connectivity index (χ2n) is 7.39. The predicted molar refractivity (Wildman–Crippen MR) is 121 cm³/mol. The largest absolute Gasteiger partial charge is 0.496 e. The molecule has 2 aromatic carbocycles. The molecule has 30 heavy (non-hydrogen) atoms. The second kappa shape index (κ2) is 7.88. The summed E-state index contributed by atoms with van der Waals surface area (Å²) in [6.07, 6.45) is 1.56. The quantitative estimate of drug-likeness (QED) is 0.428. The van der Waals surface area contributed by atoms with E-state index in [-0.39, 0.29) is 17.9 Å². The summed E-state index contributed by atoms with van der Waals surface area (Å²) in [4.78, 5) is 30.4. The highest BCUT2D eigenvalue weighted by Crippen LogP contribution is 2.32. The third-order valence-electron chi connectivity index (χ3n) is 5.41. The van der Waals surface area contributed by atoms with Crippen molar-refractivity contribution in [3.8, 4) is 16.9 Å². The number of Topliss-reactive ketones (excluding diaryl/α,β-unsaturated/α-hetero) is 1. The summed E-state index contributed by atoms with van der Waals surface area (Å²) >= 11 is 1.47. The van der Waals surface area contributed by atoms with Gasteiger partial charge in [0, 0.05) is 22.1 Å². The number of carbonyl (C=O) groups is 1. The van der Waals surface area contributed by atoms with E-state index in [2.05, 4.69) is 31.0 Å². The Labute approximate surface area is 178 Å². The first-order valence-electron chi connectivity index (χ1n) is 9.61. The van der Waals surface area contributed by atoms with Crippen molar-refractivity contribution in [3.63, 3.8) is 0 Å². The molecule has 0 N–H and O–H groups in total. The minimum Gasteiger partial charge on any atom is -0.496 e. The Morgan fingerprint density at radius 3 is 2.63 bits per heavy atom. The number of methoxy groups -OCH3 is 1. The number of ether oxygens (including phenoxy) is 1. The van der Waals surface area contributed by atoms with Gasteiger partial charge in [0.2, 0.25) is 0 Å². The number of fused-ring (bicyclic) bond motifs is 1. The average Bonchev–Trinajstić information content (AvgIpc) is 3.17. The molecule has 0 aliphatic carbocycles. The van der Waals surface area contributed by atoms with Crippen LogP contribution in [0, 0.1) is 13.8 Å². The molecular weight excluding hydrogens is 396 g/mol. The van der Waals surface area contributed by atoms with E-state index >= 15 is 0 Å². The van der Waals surface area contributed by atoms with Gasteiger partial charge in [-0.15, -0.1) is 11.3 Å². The number of rotatable bonds is 5. The predicted octanol–water partition coefficient (Wildman–Crippen LogP) is 5.00. The summed E-state index contributed by atoms with van der Waals surface area (Å²) in [5.41, 5.74) is 5.54. The number of hydrogen-bond donors (Lipinski definition) is 0. The fraction of sp³-hybridized carbons (Fsp3) is 0.208. The van der Waals surface area contributed by atoms with Gasteiger partial charge in [-0.2, -0.15) is 0 Å². The maximum atomic E-state index is 13.4. The van der Waals surface area contributed by atoms with Crippen LogP contribution in [0.5, 0.6) is 5.75 Å². The molecule has 0 saturated carbocycles. The standard InChI is InChI=1S/C24H22N2O3S/c1-14-5-6-18(9-15(14)2)20-12-30-23-22(20)24(28)26(13-25-23)11-19-10-17(16(3)27)7-8-21(19)29-4/h5-10,12-13H,11H2,1-4H3. The van der Waals surface area contributed by atoms with Gasteiger partial charge in [-0.05, 0) is 55.7 Å². The zero-order valence-corrected chi connectivity index (χ0v) is 18.2. The van der Waals surface area contributed by atoms with Crippen molar-refractivity contribution in [2.24, 2.45) is 0 Å². The van der Waals surface area contributed by atoms with E-state index in [9.17, 15) is 9.59 Å². The van der Waals surface area contributed by atoms with Gasteiger partial charge in [-0.3, -0.25) is 14.2 Å². The summed E-state index contributed by atoms with van der Waals surface area (Å²) in [5.74, 6) is 0.599. The third kappa shape index (κ3) is 3.55. The van der Waals surface area contributed by atoms with E-state index in [0.717, 1.165) is 16.7 Å². The summed E-state index contributed by atoms with van der Waals surface area (Å²) in [6, 6.07) is 11.5. The van der Waals surface area contributed by atoms with Crippen LogP contribution in [0.1, 0.15) is 34.0 Å². The lowest BCUT2D eigenvalue weighted by molar-refractivity contribution is 0.101. The number of ketones is 1. The molecule has 6 heteroatoms. The van der Waals surface area contributed by atoms with E-state index in [4.69, 9.17) is 4.74 Å². The van der Waals surface area contributed by atoms with Gasteiger partial charge < -0.3 is 4.74 Å². The van der Waals surface area contributed by atoms with E-state index < -0.39 is 0 Å². The first-order valence-corrected chi connectivity index (χ1v) is 10.5. The number of carbonyl (C=O) groups excluding carboxylic acids is 1. The number of aryl methyl sites for hydroxylation is 2. The van der Waals surface area contributed by atoms with Crippen molar-refractivity contribution in [2.75, 3.05) is 7.11 Å². The van der Waals surface area contributed by atoms with Crippen LogP contribution in [0.2, 0.25) is 0 Å². The van der Waals surface area contributed by atoms with Crippen LogP contribution in [0.15, 0.2) is 52.9 Å². The minimum atomic E-state index is -0.107. The van der Waals surface area contributed by atoms with Gasteiger partial charge in [0.15, 0.2) is 5.78 Å². The lowest BCUT2D eigenvalue weighted by atomic mass is 10.0. The molecule has 4 rings (SSSR count). The molecule has 0 bridgehead atoms. The highest BCUT2D eigenvalue weighted by molar-refractivity contribution is 7.17. The molecule has 2 aromatic heterocycles. The second-order valence-corrected chi connectivity index (χ2v) is 8.25. The van der Waals surface area contributed by atoms with Crippen molar-refractivity contribution in [1.82, 2.24) is 9.55 Å². The van der Waals surface area contributed by atoms with Gasteiger partial charge in [0.25, 0.3) is 5.56 Å². The van der Waals surface area contributed by atoms with Gasteiger partial charge in [0.05, 0.1) is 25.4 Å². The molecule has 0 saturated heterocycles. The van der Waals surface area contributed by atoms with Crippen LogP contribution in [0.3, 0.4) is 0 Å². The maximum Gasteiger partial charge on any atom is 0.263 e. The lowest BCUT2D eigenvalue weighted by Crippen LogP contribution is -2.21. The summed E-state index contributed by atoms with van der Waals surface area (Å²) in [6.45, 7) is 5.93. The van der Waals surface area contributed by atoms with Gasteiger partial charge in [0.1, 0.15) is 10.6 Å². The number of benzene rings is 2. The summed E-state index contributed by atoms with van der Waals surface area (Å²) in [7, 11) is 1.58. The first-order chi connectivity index (χ1) is 14.4. The minimum absolute atomic E-state index is 0.0327. The molecule has 0 radical (unpaired) electrons. The maximum absolute atomic E-state index is 13.4. The van der Waals surface area contributed by atoms with Crippen LogP contribution in [0.4, 0.5) is 0 Å². The molecule has 152 valence electrons. The number of nitrogens with zero attached hydrogens (tertiary/aromatic N) is 2. The fourth-order valence-corrected chi connectivity index (χ4v) is 4.41. The smallest absolute Gasteiger partial charge is 0.263 e. The van der Waals surface area contributed by atoms with Crippen molar-refractivity contribution in [3.05, 3.63) is 80.7 Å². The number of hydrogen-bond acceptors (Lipinski definition) is 5. The van der Waals surface area contributed by atoms with Crippen LogP contribution in [-0.2, 0) is 6.54 Å². The third-order valence-corrected chi connectivity index (χ3v) is 6.29. The van der Waals surface area contributed by atoms with Gasteiger partial charge in [-0.25, -0.2) is 4.98 Å². The fourth-order valence-electron chi connectivity index (χ4n) is 3.51. The van der Waals surface area contributed by atoms with Crippen molar-refractivity contribution in [1.29, 1.82) is 0 Å². The molecule has 0 amide bonds. The molecule has 5 nitrogen and oxygen atoms in total. The van der Waals surface area contributed by atoms with Gasteiger partial charge in [-0.1, -0.05) is 18.2 Å². The highest BCUT2D eigenvalue weighted by Gasteiger charge is 2.15. The van der Waals surface area contributed by atoms with E-state index in [0.29, 0.717) is 21.5 Å². The zero-order valence-electron chi connectivity index (χ0n) is 17.4. The zero-order chi connectivity index (χ0) is 21.4.